The molecule has 20 heavy (non-hydrogen) atoms. The zero-order chi connectivity index (χ0) is 14.9. The predicted octanol–water partition coefficient (Wildman–Crippen LogP) is 2.01. The lowest BCUT2D eigenvalue weighted by Gasteiger charge is -2.09. The molecule has 0 atom stereocenters. The summed E-state index contributed by atoms with van der Waals surface area (Å²) in [7, 11) is -3.75. The van der Waals surface area contributed by atoms with Crippen LogP contribution in [0, 0.1) is 13.8 Å². The van der Waals surface area contributed by atoms with E-state index in [1.54, 1.807) is 13.8 Å². The van der Waals surface area contributed by atoms with Crippen molar-refractivity contribution in [2.75, 3.05) is 5.73 Å². The Hall–Kier alpha value is -1.57. The topological polar surface area (TPSA) is 98.2 Å². The van der Waals surface area contributed by atoms with E-state index < -0.39 is 10.0 Å². The average molecular weight is 316 g/mol. The molecule has 0 saturated carbocycles. The minimum absolute atomic E-state index is 0.0447. The SMILES string of the molecule is Cc1noc(C)c1CNS(=O)(=O)c1cc(Cl)ccc1N. The molecule has 1 aromatic heterocycles. The van der Waals surface area contributed by atoms with Crippen LogP contribution in [0.3, 0.4) is 0 Å². The first-order chi connectivity index (χ1) is 9.31. The van der Waals surface area contributed by atoms with Gasteiger partial charge in [0, 0.05) is 17.1 Å². The Kier molecular flexibility index (Phi) is 4.03. The maximum atomic E-state index is 12.2. The van der Waals surface area contributed by atoms with Gasteiger partial charge in [-0.1, -0.05) is 16.8 Å². The summed E-state index contributed by atoms with van der Waals surface area (Å²) in [5.41, 5.74) is 7.16. The lowest BCUT2D eigenvalue weighted by Crippen LogP contribution is -2.24. The van der Waals surface area contributed by atoms with Crippen molar-refractivity contribution in [3.05, 3.63) is 40.2 Å². The summed E-state index contributed by atoms with van der Waals surface area (Å²) in [6.07, 6.45) is 0. The van der Waals surface area contributed by atoms with Crippen molar-refractivity contribution in [1.82, 2.24) is 9.88 Å². The fraction of sp³-hybridized carbons (Fsp3) is 0.250. The first kappa shape index (κ1) is 14.8. The van der Waals surface area contributed by atoms with Gasteiger partial charge in [0.05, 0.1) is 11.4 Å². The number of aromatic nitrogens is 1. The zero-order valence-corrected chi connectivity index (χ0v) is 12.5. The van der Waals surface area contributed by atoms with Crippen LogP contribution in [0.1, 0.15) is 17.0 Å². The normalized spacial score (nSPS) is 11.8. The predicted molar refractivity (Wildman–Crippen MR) is 75.9 cm³/mol. The van der Waals surface area contributed by atoms with Crippen molar-refractivity contribution in [2.45, 2.75) is 25.3 Å². The molecule has 0 unspecified atom stereocenters. The molecular weight excluding hydrogens is 302 g/mol. The third kappa shape index (κ3) is 2.95. The fourth-order valence-corrected chi connectivity index (χ4v) is 3.13. The van der Waals surface area contributed by atoms with Gasteiger partial charge in [0.2, 0.25) is 10.0 Å². The summed E-state index contributed by atoms with van der Waals surface area (Å²) < 4.78 is 31.9. The highest BCUT2D eigenvalue weighted by atomic mass is 35.5. The van der Waals surface area contributed by atoms with E-state index >= 15 is 0 Å². The second kappa shape index (κ2) is 5.43. The van der Waals surface area contributed by atoms with Crippen LogP contribution in [-0.2, 0) is 16.6 Å². The Morgan fingerprint density at radius 1 is 1.40 bits per heavy atom. The van der Waals surface area contributed by atoms with Crippen molar-refractivity contribution in [3.8, 4) is 0 Å². The molecule has 0 spiro atoms. The number of nitrogens with zero attached hydrogens (tertiary/aromatic N) is 1. The molecule has 2 rings (SSSR count). The quantitative estimate of drug-likeness (QED) is 0.841. The minimum atomic E-state index is -3.75. The summed E-state index contributed by atoms with van der Waals surface area (Å²) in [5, 5.41) is 4.07. The van der Waals surface area contributed by atoms with Crippen molar-refractivity contribution in [2.24, 2.45) is 0 Å². The molecular formula is C12H14ClN3O3S. The van der Waals surface area contributed by atoms with E-state index in [-0.39, 0.29) is 17.1 Å². The third-order valence-electron chi connectivity index (χ3n) is 2.89. The van der Waals surface area contributed by atoms with Gasteiger partial charge >= 0.3 is 0 Å². The Morgan fingerprint density at radius 3 is 2.70 bits per heavy atom. The van der Waals surface area contributed by atoms with Gasteiger partial charge < -0.3 is 10.3 Å². The zero-order valence-electron chi connectivity index (χ0n) is 11.0. The summed E-state index contributed by atoms with van der Waals surface area (Å²) in [4.78, 5) is -0.0447. The van der Waals surface area contributed by atoms with Crippen molar-refractivity contribution in [1.29, 1.82) is 0 Å². The van der Waals surface area contributed by atoms with Gasteiger partial charge in [-0.25, -0.2) is 13.1 Å². The number of aryl methyl sites for hydroxylation is 2. The highest BCUT2D eigenvalue weighted by molar-refractivity contribution is 7.89. The molecule has 0 aliphatic rings. The second-order valence-corrected chi connectivity index (χ2v) is 6.48. The van der Waals surface area contributed by atoms with Gasteiger partial charge in [-0.3, -0.25) is 0 Å². The van der Waals surface area contributed by atoms with Gasteiger partial charge in [-0.2, -0.15) is 0 Å². The number of benzene rings is 1. The number of hydrogen-bond acceptors (Lipinski definition) is 5. The molecule has 2 aromatic rings. The second-order valence-electron chi connectivity index (χ2n) is 4.31. The number of anilines is 1. The lowest BCUT2D eigenvalue weighted by atomic mass is 10.2. The van der Waals surface area contributed by atoms with Crippen LogP contribution in [0.2, 0.25) is 5.02 Å². The van der Waals surface area contributed by atoms with Crippen molar-refractivity contribution >= 4 is 27.3 Å². The summed E-state index contributed by atoms with van der Waals surface area (Å²) in [6, 6.07) is 4.30. The molecule has 0 amide bonds. The van der Waals surface area contributed by atoms with Crippen LogP contribution in [0.4, 0.5) is 5.69 Å². The molecule has 8 heteroatoms. The average Bonchev–Trinajstić information content (AvgIpc) is 2.69. The highest BCUT2D eigenvalue weighted by Crippen LogP contribution is 2.23. The first-order valence-electron chi connectivity index (χ1n) is 5.77. The summed E-state index contributed by atoms with van der Waals surface area (Å²) in [5.74, 6) is 0.573. The van der Waals surface area contributed by atoms with Gasteiger partial charge in [0.1, 0.15) is 10.7 Å². The van der Waals surface area contributed by atoms with E-state index in [0.717, 1.165) is 0 Å². The number of rotatable bonds is 4. The van der Waals surface area contributed by atoms with E-state index in [4.69, 9.17) is 21.9 Å². The highest BCUT2D eigenvalue weighted by Gasteiger charge is 2.19. The molecule has 0 aliphatic carbocycles. The van der Waals surface area contributed by atoms with Crippen LogP contribution < -0.4 is 10.5 Å². The fourth-order valence-electron chi connectivity index (χ4n) is 1.74. The van der Waals surface area contributed by atoms with Crippen LogP contribution >= 0.6 is 11.6 Å². The van der Waals surface area contributed by atoms with Gasteiger partial charge in [0.15, 0.2) is 0 Å². The third-order valence-corrected chi connectivity index (χ3v) is 4.58. The van der Waals surface area contributed by atoms with E-state index in [1.165, 1.54) is 18.2 Å². The van der Waals surface area contributed by atoms with E-state index in [0.29, 0.717) is 22.0 Å². The number of sulfonamides is 1. The number of nitrogens with one attached hydrogen (secondary N) is 1. The first-order valence-corrected chi connectivity index (χ1v) is 7.64. The van der Waals surface area contributed by atoms with Crippen LogP contribution in [-0.4, -0.2) is 13.6 Å². The largest absolute Gasteiger partial charge is 0.398 e. The molecule has 0 bridgehead atoms. The Bertz CT molecular complexity index is 721. The molecule has 0 fully saturated rings. The Balaban J connectivity index is 2.26. The van der Waals surface area contributed by atoms with Crippen LogP contribution in [0.5, 0.6) is 0 Å². The van der Waals surface area contributed by atoms with Crippen LogP contribution in [0.25, 0.3) is 0 Å². The van der Waals surface area contributed by atoms with Gasteiger partial charge in [-0.05, 0) is 32.0 Å². The molecule has 3 N–H and O–H groups in total. The number of nitrogens with two attached hydrogens (primary N) is 1. The Morgan fingerprint density at radius 2 is 2.10 bits per heavy atom. The molecule has 6 nitrogen and oxygen atoms in total. The van der Waals surface area contributed by atoms with E-state index in [2.05, 4.69) is 9.88 Å². The van der Waals surface area contributed by atoms with E-state index in [9.17, 15) is 8.42 Å². The van der Waals surface area contributed by atoms with Crippen LogP contribution in [0.15, 0.2) is 27.6 Å². The monoisotopic (exact) mass is 315 g/mol. The minimum Gasteiger partial charge on any atom is -0.398 e. The van der Waals surface area contributed by atoms with E-state index in [1.807, 2.05) is 0 Å². The lowest BCUT2D eigenvalue weighted by molar-refractivity contribution is 0.392. The summed E-state index contributed by atoms with van der Waals surface area (Å²) in [6.45, 7) is 3.54. The van der Waals surface area contributed by atoms with Gasteiger partial charge in [-0.15, -0.1) is 0 Å². The molecule has 1 heterocycles. The molecule has 0 saturated heterocycles. The number of halogens is 1. The number of nitrogen functional groups attached to an aromatic ring is 1. The smallest absolute Gasteiger partial charge is 0.242 e. The van der Waals surface area contributed by atoms with Crippen molar-refractivity contribution in [3.63, 3.8) is 0 Å². The summed E-state index contributed by atoms with van der Waals surface area (Å²) >= 11 is 5.80. The molecule has 0 radical (unpaired) electrons. The molecule has 1 aromatic carbocycles. The standard InChI is InChI=1S/C12H14ClN3O3S/c1-7-10(8(2)19-16-7)6-15-20(17,18)12-5-9(13)3-4-11(12)14/h3-5,15H,6,14H2,1-2H3. The maximum Gasteiger partial charge on any atom is 0.242 e. The van der Waals surface area contributed by atoms with Crippen molar-refractivity contribution < 1.29 is 12.9 Å². The van der Waals surface area contributed by atoms with Gasteiger partial charge in [0.25, 0.3) is 0 Å². The molecule has 108 valence electrons. The Labute approximate surface area is 122 Å². The molecule has 0 aliphatic heterocycles. The maximum absolute atomic E-state index is 12.2. The number of hydrogen-bond donors (Lipinski definition) is 2.